The van der Waals surface area contributed by atoms with Crippen LogP contribution < -0.4 is 0 Å². The largest absolute Gasteiger partial charge is 0.508 e. The van der Waals surface area contributed by atoms with Crippen LogP contribution in [0.15, 0.2) is 18.2 Å². The Balaban J connectivity index is 1.87. The van der Waals surface area contributed by atoms with Gasteiger partial charge in [0.05, 0.1) is 17.6 Å². The van der Waals surface area contributed by atoms with Gasteiger partial charge in [-0.2, -0.15) is 0 Å². The minimum absolute atomic E-state index is 0.0623. The van der Waals surface area contributed by atoms with E-state index in [9.17, 15) is 15.3 Å². The first-order valence-electron chi connectivity index (χ1n) is 10.6. The topological polar surface area (TPSA) is 60.7 Å². The van der Waals surface area contributed by atoms with Crippen LogP contribution in [0.3, 0.4) is 0 Å². The highest BCUT2D eigenvalue weighted by atomic mass is 16.3. The molecule has 21 heavy (non-hydrogen) atoms. The zero-order chi connectivity index (χ0) is 20.2. The molecule has 6 atom stereocenters. The van der Waals surface area contributed by atoms with Crippen molar-refractivity contribution < 1.29 is 23.5 Å². The minimum atomic E-state index is -2.95. The summed E-state index contributed by atoms with van der Waals surface area (Å²) in [5.41, 5.74) is 0.121. The molecule has 0 heterocycles. The molecule has 2 fully saturated rings. The molecule has 4 rings (SSSR count). The zero-order valence-electron chi connectivity index (χ0n) is 18.0. The van der Waals surface area contributed by atoms with Gasteiger partial charge in [-0.1, -0.05) is 13.0 Å². The fourth-order valence-corrected chi connectivity index (χ4v) is 4.63. The van der Waals surface area contributed by atoms with Crippen LogP contribution in [0.4, 0.5) is 0 Å². The van der Waals surface area contributed by atoms with Crippen molar-refractivity contribution in [3.8, 4) is 5.75 Å². The van der Waals surface area contributed by atoms with Gasteiger partial charge in [0, 0.05) is 2.74 Å². The summed E-state index contributed by atoms with van der Waals surface area (Å²) in [4.78, 5) is 0. The Morgan fingerprint density at radius 1 is 1.43 bits per heavy atom. The van der Waals surface area contributed by atoms with E-state index in [4.69, 9.17) is 8.22 Å². The number of aromatic hydroxyl groups is 1. The maximum atomic E-state index is 10.7. The molecule has 3 aliphatic rings. The van der Waals surface area contributed by atoms with Crippen LogP contribution in [-0.2, 0) is 6.42 Å². The number of fused-ring (bicyclic) bond motifs is 5. The maximum absolute atomic E-state index is 10.7. The Labute approximate surface area is 134 Å². The number of phenols is 1. The quantitative estimate of drug-likeness (QED) is 0.689. The molecule has 0 bridgehead atoms. The third-order valence-corrected chi connectivity index (χ3v) is 5.77. The molecule has 0 aromatic heterocycles. The lowest BCUT2D eigenvalue weighted by atomic mass is 9.55. The van der Waals surface area contributed by atoms with Gasteiger partial charge < -0.3 is 15.3 Å². The summed E-state index contributed by atoms with van der Waals surface area (Å²) in [5.74, 6) is -1.78. The molecule has 1 aromatic carbocycles. The van der Waals surface area contributed by atoms with Crippen LogP contribution in [0.5, 0.6) is 5.75 Å². The molecule has 0 spiro atoms. The Morgan fingerprint density at radius 2 is 2.24 bits per heavy atom. The molecular weight excluding hydrogens is 264 g/mol. The highest BCUT2D eigenvalue weighted by molar-refractivity contribution is 5.40. The Bertz CT molecular complexity index is 824. The van der Waals surface area contributed by atoms with E-state index in [-0.39, 0.29) is 36.1 Å². The van der Waals surface area contributed by atoms with E-state index in [0.29, 0.717) is 24.8 Å². The normalized spacial score (nSPS) is 58.3. The van der Waals surface area contributed by atoms with Gasteiger partial charge in [-0.15, -0.1) is 0 Å². The summed E-state index contributed by atoms with van der Waals surface area (Å²) < 4.78 is 49.4. The standard InChI is InChI=1S/C18H24O3/c1-18-7-6-13-12-5-3-11(19)8-10(12)2-4-14(13)15(18)9-16(20)17(18)21/h3,5,8,13-17,19-21H,2,4,6-7,9H2,1H3/t13-,14-,15+,16+,17+,18+/m1/s1/i3D,8D,9D2,16D,17D. The summed E-state index contributed by atoms with van der Waals surface area (Å²) in [5, 5.41) is 31.2. The summed E-state index contributed by atoms with van der Waals surface area (Å²) in [6.07, 6.45) is -6.43. The van der Waals surface area contributed by atoms with Crippen LogP contribution in [0.25, 0.3) is 0 Å². The summed E-state index contributed by atoms with van der Waals surface area (Å²) in [6, 6.07) is 1.33. The van der Waals surface area contributed by atoms with E-state index >= 15 is 0 Å². The molecule has 114 valence electrons. The average molecular weight is 294 g/mol. The van der Waals surface area contributed by atoms with Gasteiger partial charge in [0.1, 0.15) is 5.75 Å². The summed E-state index contributed by atoms with van der Waals surface area (Å²) in [7, 11) is 0. The van der Waals surface area contributed by atoms with Crippen molar-refractivity contribution in [2.24, 2.45) is 17.3 Å². The molecule has 3 heteroatoms. The summed E-state index contributed by atoms with van der Waals surface area (Å²) in [6.45, 7) is 1.59. The van der Waals surface area contributed by atoms with Crippen molar-refractivity contribution in [2.75, 3.05) is 0 Å². The van der Waals surface area contributed by atoms with Crippen molar-refractivity contribution in [1.29, 1.82) is 0 Å². The number of aliphatic hydroxyl groups is 2. The van der Waals surface area contributed by atoms with Gasteiger partial charge in [-0.25, -0.2) is 0 Å². The van der Waals surface area contributed by atoms with E-state index in [0.717, 1.165) is 5.56 Å². The molecule has 3 aliphatic carbocycles. The van der Waals surface area contributed by atoms with Crippen LogP contribution >= 0.6 is 0 Å². The predicted molar refractivity (Wildman–Crippen MR) is 80.1 cm³/mol. The lowest BCUT2D eigenvalue weighted by molar-refractivity contribution is -0.0505. The van der Waals surface area contributed by atoms with Gasteiger partial charge in [0.25, 0.3) is 0 Å². The Hall–Kier alpha value is -1.06. The lowest BCUT2D eigenvalue weighted by Crippen LogP contribution is -2.44. The average Bonchev–Trinajstić information content (AvgIpc) is 2.66. The van der Waals surface area contributed by atoms with E-state index < -0.39 is 29.9 Å². The second-order valence-electron chi connectivity index (χ2n) is 6.78. The molecule has 0 saturated heterocycles. The van der Waals surface area contributed by atoms with Crippen molar-refractivity contribution in [2.45, 2.75) is 57.1 Å². The molecule has 0 unspecified atom stereocenters. The van der Waals surface area contributed by atoms with Gasteiger partial charge in [0.2, 0.25) is 0 Å². The van der Waals surface area contributed by atoms with E-state index in [1.165, 1.54) is 6.07 Å². The predicted octanol–water partition coefficient (Wildman–Crippen LogP) is 2.58. The maximum Gasteiger partial charge on any atom is 0.115 e. The van der Waals surface area contributed by atoms with Crippen LogP contribution in [-0.4, -0.2) is 27.5 Å². The van der Waals surface area contributed by atoms with Crippen molar-refractivity contribution in [3.05, 3.63) is 29.3 Å². The highest BCUT2D eigenvalue weighted by Gasteiger charge is 2.57. The number of hydrogen-bond donors (Lipinski definition) is 3. The second kappa shape index (κ2) is 4.47. The Morgan fingerprint density at radius 3 is 3.05 bits per heavy atom. The third kappa shape index (κ3) is 1.80. The molecule has 3 nitrogen and oxygen atoms in total. The zero-order valence-corrected chi connectivity index (χ0v) is 12.0. The molecular formula is C18H24O3. The number of phenolic OH excluding ortho intramolecular Hbond substituents is 1. The second-order valence-corrected chi connectivity index (χ2v) is 6.78. The first kappa shape index (κ1) is 8.54. The summed E-state index contributed by atoms with van der Waals surface area (Å²) >= 11 is 0. The van der Waals surface area contributed by atoms with Gasteiger partial charge in [-0.05, 0) is 78.4 Å². The third-order valence-electron chi connectivity index (χ3n) is 5.77. The van der Waals surface area contributed by atoms with Gasteiger partial charge in [-0.3, -0.25) is 0 Å². The fraction of sp³-hybridized carbons (Fsp3) is 0.667. The first-order valence-corrected chi connectivity index (χ1v) is 7.55. The molecule has 2 saturated carbocycles. The van der Waals surface area contributed by atoms with Crippen molar-refractivity contribution >= 4 is 0 Å². The van der Waals surface area contributed by atoms with E-state index in [2.05, 4.69) is 0 Å². The number of benzene rings is 1. The molecule has 0 amide bonds. The van der Waals surface area contributed by atoms with E-state index in [1.807, 2.05) is 0 Å². The number of rotatable bonds is 0. The lowest BCUT2D eigenvalue weighted by Gasteiger charge is -2.49. The van der Waals surface area contributed by atoms with Gasteiger partial charge in [0.15, 0.2) is 0 Å². The molecule has 1 aromatic rings. The van der Waals surface area contributed by atoms with Gasteiger partial charge >= 0.3 is 0 Å². The highest BCUT2D eigenvalue weighted by Crippen LogP contribution is 2.60. The fourth-order valence-electron chi connectivity index (χ4n) is 4.63. The minimum Gasteiger partial charge on any atom is -0.508 e. The first-order chi connectivity index (χ1) is 12.3. The van der Waals surface area contributed by atoms with E-state index in [1.54, 1.807) is 6.92 Å². The van der Waals surface area contributed by atoms with Crippen molar-refractivity contribution in [3.63, 3.8) is 0 Å². The molecule has 0 aliphatic heterocycles. The van der Waals surface area contributed by atoms with Crippen LogP contribution in [0.2, 0.25) is 0 Å². The van der Waals surface area contributed by atoms with Crippen molar-refractivity contribution in [1.82, 2.24) is 0 Å². The monoisotopic (exact) mass is 294 g/mol. The SMILES string of the molecule is [2H]c1cc2c(c([2H])c1O)CC[C@@H]1[C@@H]2CC[C@@]2(C)[C@H]1C([2H])([2H])[C@]([2H])(O)[C@]2([2H])O. The van der Waals surface area contributed by atoms with Crippen LogP contribution in [0.1, 0.15) is 57.8 Å². The smallest absolute Gasteiger partial charge is 0.115 e. The Kier molecular flexibility index (Phi) is 1.82. The molecule has 0 radical (unpaired) electrons. The van der Waals surface area contributed by atoms with Crippen LogP contribution in [0, 0.1) is 17.3 Å². The molecule has 3 N–H and O–H groups in total. The number of hydrogen-bond acceptors (Lipinski definition) is 3.